The van der Waals surface area contributed by atoms with Gasteiger partial charge in [-0.25, -0.2) is 0 Å². The molecule has 0 spiro atoms. The maximum absolute atomic E-state index is 11.3. The van der Waals surface area contributed by atoms with Crippen LogP contribution in [-0.4, -0.2) is 34.1 Å². The predicted molar refractivity (Wildman–Crippen MR) is 56.3 cm³/mol. The van der Waals surface area contributed by atoms with E-state index in [4.69, 9.17) is 0 Å². The van der Waals surface area contributed by atoms with Crippen molar-refractivity contribution in [2.45, 2.75) is 44.7 Å². The number of hydrogen-bond acceptors (Lipinski definition) is 2. The van der Waals surface area contributed by atoms with E-state index in [-0.39, 0.29) is 6.04 Å². The van der Waals surface area contributed by atoms with Crippen LogP contribution in [0.4, 0.5) is 0 Å². The summed E-state index contributed by atoms with van der Waals surface area (Å²) in [5, 5.41) is 9.30. The third-order valence-corrected chi connectivity index (χ3v) is 3.35. The van der Waals surface area contributed by atoms with E-state index < -0.39 is 11.5 Å². The normalized spacial score (nSPS) is 30.1. The number of hydrogen-bond donors (Lipinski definition) is 1. The van der Waals surface area contributed by atoms with Crippen molar-refractivity contribution in [1.82, 2.24) is 4.90 Å². The predicted octanol–water partition coefficient (Wildman–Crippen LogP) is 1.89. The monoisotopic (exact) mass is 197 g/mol. The molecule has 3 heteroatoms. The first-order chi connectivity index (χ1) is 6.58. The zero-order valence-corrected chi connectivity index (χ0v) is 8.99. The number of aliphatic carboxylic acids is 1. The van der Waals surface area contributed by atoms with Crippen LogP contribution in [0.2, 0.25) is 0 Å². The summed E-state index contributed by atoms with van der Waals surface area (Å²) < 4.78 is 0. The van der Waals surface area contributed by atoms with Crippen LogP contribution in [0.15, 0.2) is 12.7 Å². The Kier molecular flexibility index (Phi) is 3.32. The Labute approximate surface area is 85.4 Å². The average molecular weight is 197 g/mol. The molecule has 14 heavy (non-hydrogen) atoms. The van der Waals surface area contributed by atoms with Crippen molar-refractivity contribution in [3.8, 4) is 0 Å². The number of rotatable bonds is 4. The molecule has 1 aliphatic heterocycles. The Morgan fingerprint density at radius 2 is 2.43 bits per heavy atom. The Bertz CT molecular complexity index is 239. The molecule has 1 N–H and O–H groups in total. The van der Waals surface area contributed by atoms with Crippen LogP contribution in [0.3, 0.4) is 0 Å². The van der Waals surface area contributed by atoms with Gasteiger partial charge in [0, 0.05) is 6.04 Å². The number of carboxylic acids is 1. The number of carbonyl (C=O) groups is 1. The summed E-state index contributed by atoms with van der Waals surface area (Å²) in [6, 6.07) is 0.147. The fourth-order valence-corrected chi connectivity index (χ4v) is 2.38. The van der Waals surface area contributed by atoms with Crippen LogP contribution in [-0.2, 0) is 4.79 Å². The fourth-order valence-electron chi connectivity index (χ4n) is 2.38. The summed E-state index contributed by atoms with van der Waals surface area (Å²) in [7, 11) is 0. The molecule has 80 valence electrons. The van der Waals surface area contributed by atoms with Crippen LogP contribution in [0.1, 0.15) is 33.1 Å². The molecule has 1 aliphatic rings. The molecule has 1 heterocycles. The summed E-state index contributed by atoms with van der Waals surface area (Å²) in [6.45, 7) is 8.55. The molecule has 0 aromatic rings. The first-order valence-corrected chi connectivity index (χ1v) is 5.21. The highest BCUT2D eigenvalue weighted by Gasteiger charge is 2.47. The Morgan fingerprint density at radius 3 is 2.86 bits per heavy atom. The summed E-state index contributed by atoms with van der Waals surface area (Å²) in [6.07, 6.45) is 4.22. The van der Waals surface area contributed by atoms with Crippen molar-refractivity contribution in [1.29, 1.82) is 0 Å². The van der Waals surface area contributed by atoms with Gasteiger partial charge in [0.05, 0.1) is 0 Å². The first kappa shape index (κ1) is 11.2. The molecule has 0 radical (unpaired) electrons. The van der Waals surface area contributed by atoms with Crippen molar-refractivity contribution >= 4 is 5.97 Å². The highest BCUT2D eigenvalue weighted by atomic mass is 16.4. The lowest BCUT2D eigenvalue weighted by Crippen LogP contribution is -2.53. The second-order valence-electron chi connectivity index (χ2n) is 3.96. The van der Waals surface area contributed by atoms with Crippen LogP contribution >= 0.6 is 0 Å². The smallest absolute Gasteiger partial charge is 0.324 e. The second kappa shape index (κ2) is 4.13. The molecule has 1 fully saturated rings. The minimum atomic E-state index is -0.689. The van der Waals surface area contributed by atoms with Crippen molar-refractivity contribution in [3.05, 3.63) is 12.7 Å². The topological polar surface area (TPSA) is 40.5 Å². The van der Waals surface area contributed by atoms with Crippen LogP contribution in [0.5, 0.6) is 0 Å². The van der Waals surface area contributed by atoms with Gasteiger partial charge in [-0.05, 0) is 32.7 Å². The van der Waals surface area contributed by atoms with E-state index in [0.29, 0.717) is 6.42 Å². The van der Waals surface area contributed by atoms with Gasteiger partial charge >= 0.3 is 5.97 Å². The molecular weight excluding hydrogens is 178 g/mol. The Morgan fingerprint density at radius 1 is 1.79 bits per heavy atom. The van der Waals surface area contributed by atoms with E-state index in [1.165, 1.54) is 0 Å². The summed E-state index contributed by atoms with van der Waals surface area (Å²) in [5.41, 5.74) is -0.645. The van der Waals surface area contributed by atoms with Gasteiger partial charge in [-0.1, -0.05) is 13.0 Å². The summed E-state index contributed by atoms with van der Waals surface area (Å²) in [4.78, 5) is 13.4. The van der Waals surface area contributed by atoms with Gasteiger partial charge in [0.25, 0.3) is 0 Å². The van der Waals surface area contributed by atoms with Gasteiger partial charge in [-0.15, -0.1) is 6.58 Å². The van der Waals surface area contributed by atoms with Gasteiger partial charge in [0.15, 0.2) is 0 Å². The number of nitrogens with zero attached hydrogens (tertiary/aromatic N) is 1. The molecule has 0 saturated carbocycles. The van der Waals surface area contributed by atoms with E-state index >= 15 is 0 Å². The lowest BCUT2D eigenvalue weighted by molar-refractivity contribution is -0.150. The summed E-state index contributed by atoms with van der Waals surface area (Å²) in [5.74, 6) is -0.689. The van der Waals surface area contributed by atoms with Crippen molar-refractivity contribution < 1.29 is 9.90 Å². The fraction of sp³-hybridized carbons (Fsp3) is 0.727. The van der Waals surface area contributed by atoms with Crippen LogP contribution < -0.4 is 0 Å². The molecule has 3 nitrogen and oxygen atoms in total. The molecule has 0 amide bonds. The zero-order chi connectivity index (χ0) is 10.8. The SMILES string of the molecule is C=CC(C)N1CCCC1(CC)C(=O)O. The van der Waals surface area contributed by atoms with Crippen molar-refractivity contribution in [2.75, 3.05) is 6.54 Å². The minimum absolute atomic E-state index is 0.147. The van der Waals surface area contributed by atoms with E-state index in [0.717, 1.165) is 19.4 Å². The van der Waals surface area contributed by atoms with Crippen LogP contribution in [0.25, 0.3) is 0 Å². The molecule has 0 bridgehead atoms. The minimum Gasteiger partial charge on any atom is -0.480 e. The Hall–Kier alpha value is -0.830. The molecule has 2 atom stereocenters. The largest absolute Gasteiger partial charge is 0.480 e. The average Bonchev–Trinajstić information content (AvgIpc) is 2.61. The van der Waals surface area contributed by atoms with Gasteiger partial charge in [0.2, 0.25) is 0 Å². The highest BCUT2D eigenvalue weighted by Crippen LogP contribution is 2.34. The molecule has 0 aromatic heterocycles. The second-order valence-corrected chi connectivity index (χ2v) is 3.96. The summed E-state index contributed by atoms with van der Waals surface area (Å²) >= 11 is 0. The third kappa shape index (κ3) is 1.57. The van der Waals surface area contributed by atoms with Crippen molar-refractivity contribution in [2.24, 2.45) is 0 Å². The van der Waals surface area contributed by atoms with E-state index in [9.17, 15) is 9.90 Å². The molecule has 0 aromatic carbocycles. The van der Waals surface area contributed by atoms with E-state index in [2.05, 4.69) is 11.5 Å². The van der Waals surface area contributed by atoms with Crippen molar-refractivity contribution in [3.63, 3.8) is 0 Å². The van der Waals surface area contributed by atoms with Gasteiger partial charge in [-0.2, -0.15) is 0 Å². The number of likely N-dealkylation sites (tertiary alicyclic amines) is 1. The first-order valence-electron chi connectivity index (χ1n) is 5.21. The highest BCUT2D eigenvalue weighted by molar-refractivity contribution is 5.79. The molecule has 1 rings (SSSR count). The Balaban J connectivity index is 2.93. The van der Waals surface area contributed by atoms with E-state index in [1.807, 2.05) is 19.9 Å². The zero-order valence-electron chi connectivity index (χ0n) is 8.99. The quantitative estimate of drug-likeness (QED) is 0.700. The maximum atomic E-state index is 11.3. The standard InChI is InChI=1S/C11H19NO2/c1-4-9(3)12-8-6-7-11(12,5-2)10(13)14/h4,9H,1,5-8H2,2-3H3,(H,13,14). The molecule has 2 unspecified atom stereocenters. The molecule has 1 saturated heterocycles. The molecule has 0 aliphatic carbocycles. The van der Waals surface area contributed by atoms with Gasteiger partial charge < -0.3 is 5.11 Å². The lowest BCUT2D eigenvalue weighted by atomic mass is 9.92. The van der Waals surface area contributed by atoms with Gasteiger partial charge in [0.1, 0.15) is 5.54 Å². The van der Waals surface area contributed by atoms with E-state index in [1.54, 1.807) is 0 Å². The lowest BCUT2D eigenvalue weighted by Gasteiger charge is -2.37. The maximum Gasteiger partial charge on any atom is 0.324 e. The van der Waals surface area contributed by atoms with Crippen LogP contribution in [0, 0.1) is 0 Å². The number of carboxylic acid groups (broad SMARTS) is 1. The molecular formula is C11H19NO2. The third-order valence-electron chi connectivity index (χ3n) is 3.35. The van der Waals surface area contributed by atoms with Gasteiger partial charge in [-0.3, -0.25) is 9.69 Å².